The van der Waals surface area contributed by atoms with Gasteiger partial charge in [-0.25, -0.2) is 0 Å². The molecule has 1 aliphatic carbocycles. The monoisotopic (exact) mass is 260 g/mol. The predicted molar refractivity (Wildman–Crippen MR) is 75.1 cm³/mol. The predicted octanol–water partition coefficient (Wildman–Crippen LogP) is 2.12. The Kier molecular flexibility index (Phi) is 2.97. The van der Waals surface area contributed by atoms with Crippen LogP contribution in [0.1, 0.15) is 31.2 Å². The van der Waals surface area contributed by atoms with E-state index in [4.69, 9.17) is 10.5 Å². The van der Waals surface area contributed by atoms with Crippen LogP contribution in [0, 0.1) is 0 Å². The Hall–Kier alpha value is -1.55. The van der Waals surface area contributed by atoms with Gasteiger partial charge in [-0.15, -0.1) is 0 Å². The molecule has 0 radical (unpaired) electrons. The molecule has 0 unspecified atom stereocenters. The van der Waals surface area contributed by atoms with Gasteiger partial charge in [-0.05, 0) is 49.4 Å². The van der Waals surface area contributed by atoms with E-state index in [0.29, 0.717) is 6.42 Å². The summed E-state index contributed by atoms with van der Waals surface area (Å²) >= 11 is 0. The van der Waals surface area contributed by atoms with Crippen LogP contribution in [0.4, 0.5) is 11.4 Å². The van der Waals surface area contributed by atoms with Crippen molar-refractivity contribution in [2.24, 2.45) is 0 Å². The highest BCUT2D eigenvalue weighted by Crippen LogP contribution is 2.39. The number of methoxy groups -OCH3 is 1. The van der Waals surface area contributed by atoms with Crippen LogP contribution in [-0.2, 0) is 16.0 Å². The first-order valence-electron chi connectivity index (χ1n) is 6.87. The fraction of sp³-hybridized carbons (Fsp3) is 0.533. The van der Waals surface area contributed by atoms with Gasteiger partial charge in [0.15, 0.2) is 0 Å². The maximum Gasteiger partial charge on any atom is 0.229 e. The standard InChI is InChI=1S/C15H20N2O2/c1-19-15(6-2-7-15)10-14(18)17-8-5-11-9-12(16)3-4-13(11)17/h3-4,9H,2,5-8,10,16H2,1H3. The number of hydrogen-bond donors (Lipinski definition) is 1. The van der Waals surface area contributed by atoms with Gasteiger partial charge in [0.25, 0.3) is 0 Å². The molecule has 0 saturated heterocycles. The summed E-state index contributed by atoms with van der Waals surface area (Å²) in [5.74, 6) is 0.171. The minimum atomic E-state index is -0.201. The number of nitrogens with two attached hydrogens (primary N) is 1. The molecule has 0 bridgehead atoms. The van der Waals surface area contributed by atoms with Gasteiger partial charge in [0.1, 0.15) is 0 Å². The number of nitrogens with zero attached hydrogens (tertiary/aromatic N) is 1. The van der Waals surface area contributed by atoms with E-state index in [-0.39, 0.29) is 11.5 Å². The van der Waals surface area contributed by atoms with Crippen LogP contribution in [0.3, 0.4) is 0 Å². The maximum absolute atomic E-state index is 12.5. The van der Waals surface area contributed by atoms with Crippen molar-refractivity contribution >= 4 is 17.3 Å². The van der Waals surface area contributed by atoms with Crippen molar-refractivity contribution in [3.63, 3.8) is 0 Å². The fourth-order valence-corrected chi connectivity index (χ4v) is 3.08. The normalized spacial score (nSPS) is 19.9. The molecule has 1 saturated carbocycles. The number of carbonyl (C=O) groups excluding carboxylic acids is 1. The lowest BCUT2D eigenvalue weighted by atomic mass is 9.77. The summed E-state index contributed by atoms with van der Waals surface area (Å²) < 4.78 is 5.54. The van der Waals surface area contributed by atoms with Crippen LogP contribution >= 0.6 is 0 Å². The van der Waals surface area contributed by atoms with Gasteiger partial charge in [0, 0.05) is 25.0 Å². The number of fused-ring (bicyclic) bond motifs is 1. The zero-order valence-electron chi connectivity index (χ0n) is 11.3. The molecule has 102 valence electrons. The topological polar surface area (TPSA) is 55.6 Å². The van der Waals surface area contributed by atoms with Crippen molar-refractivity contribution in [1.29, 1.82) is 0 Å². The molecule has 0 atom stereocenters. The van der Waals surface area contributed by atoms with E-state index in [1.807, 2.05) is 23.1 Å². The Labute approximate surface area is 113 Å². The van der Waals surface area contributed by atoms with Crippen LogP contribution < -0.4 is 10.6 Å². The van der Waals surface area contributed by atoms with E-state index >= 15 is 0 Å². The lowest BCUT2D eigenvalue weighted by molar-refractivity contribution is -0.131. The maximum atomic E-state index is 12.5. The van der Waals surface area contributed by atoms with Crippen molar-refractivity contribution in [2.45, 2.75) is 37.7 Å². The van der Waals surface area contributed by atoms with E-state index < -0.39 is 0 Å². The van der Waals surface area contributed by atoms with Crippen LogP contribution in [0.15, 0.2) is 18.2 Å². The molecule has 4 nitrogen and oxygen atoms in total. The van der Waals surface area contributed by atoms with Crippen molar-refractivity contribution in [2.75, 3.05) is 24.3 Å². The summed E-state index contributed by atoms with van der Waals surface area (Å²) in [6.07, 6.45) is 4.54. The van der Waals surface area contributed by atoms with Gasteiger partial charge in [0.05, 0.1) is 12.0 Å². The SMILES string of the molecule is COC1(CC(=O)N2CCc3cc(N)ccc32)CCC1. The molecule has 4 heteroatoms. The fourth-order valence-electron chi connectivity index (χ4n) is 3.08. The number of ether oxygens (including phenoxy) is 1. The van der Waals surface area contributed by atoms with Crippen molar-refractivity contribution in [1.82, 2.24) is 0 Å². The van der Waals surface area contributed by atoms with Crippen molar-refractivity contribution in [3.8, 4) is 0 Å². The molecule has 19 heavy (non-hydrogen) atoms. The highest BCUT2D eigenvalue weighted by molar-refractivity contribution is 5.96. The van der Waals surface area contributed by atoms with Crippen molar-refractivity contribution < 1.29 is 9.53 Å². The Morgan fingerprint density at radius 2 is 2.26 bits per heavy atom. The second kappa shape index (κ2) is 4.53. The molecule has 1 fully saturated rings. The van der Waals surface area contributed by atoms with Crippen LogP contribution in [0.2, 0.25) is 0 Å². The minimum Gasteiger partial charge on any atom is -0.399 e. The molecule has 1 amide bonds. The lowest BCUT2D eigenvalue weighted by Gasteiger charge is -2.40. The first-order valence-corrected chi connectivity index (χ1v) is 6.87. The number of benzene rings is 1. The van der Waals surface area contributed by atoms with Gasteiger partial charge in [-0.1, -0.05) is 0 Å². The van der Waals surface area contributed by atoms with Crippen molar-refractivity contribution in [3.05, 3.63) is 23.8 Å². The largest absolute Gasteiger partial charge is 0.399 e. The molecule has 1 heterocycles. The molecule has 1 aliphatic heterocycles. The second-order valence-electron chi connectivity index (χ2n) is 5.60. The average molecular weight is 260 g/mol. The third-order valence-corrected chi connectivity index (χ3v) is 4.47. The zero-order chi connectivity index (χ0) is 13.5. The molecule has 0 aromatic heterocycles. The van der Waals surface area contributed by atoms with Crippen LogP contribution in [0.25, 0.3) is 0 Å². The Morgan fingerprint density at radius 1 is 1.47 bits per heavy atom. The van der Waals surface area contributed by atoms with Gasteiger partial charge < -0.3 is 15.4 Å². The number of nitrogen functional groups attached to an aromatic ring is 1. The zero-order valence-corrected chi connectivity index (χ0v) is 11.3. The second-order valence-corrected chi connectivity index (χ2v) is 5.60. The lowest BCUT2D eigenvalue weighted by Crippen LogP contribution is -2.45. The molecular formula is C15H20N2O2. The molecule has 0 spiro atoms. The Morgan fingerprint density at radius 3 is 2.89 bits per heavy atom. The van der Waals surface area contributed by atoms with Gasteiger partial charge in [-0.3, -0.25) is 4.79 Å². The van der Waals surface area contributed by atoms with Gasteiger partial charge in [0.2, 0.25) is 5.91 Å². The molecule has 2 aliphatic rings. The van der Waals surface area contributed by atoms with Crippen LogP contribution in [-0.4, -0.2) is 25.2 Å². The molecule has 3 rings (SSSR count). The average Bonchev–Trinajstić information content (AvgIpc) is 2.76. The molecular weight excluding hydrogens is 240 g/mol. The summed E-state index contributed by atoms with van der Waals surface area (Å²) in [5, 5.41) is 0. The third kappa shape index (κ3) is 2.10. The van der Waals surface area contributed by atoms with E-state index in [9.17, 15) is 4.79 Å². The number of rotatable bonds is 3. The quantitative estimate of drug-likeness (QED) is 0.847. The summed E-state index contributed by atoms with van der Waals surface area (Å²) in [7, 11) is 1.71. The number of amides is 1. The first kappa shape index (κ1) is 12.5. The minimum absolute atomic E-state index is 0.171. The summed E-state index contributed by atoms with van der Waals surface area (Å²) in [4.78, 5) is 14.4. The first-order chi connectivity index (χ1) is 9.13. The Balaban J connectivity index is 1.76. The number of hydrogen-bond acceptors (Lipinski definition) is 3. The van der Waals surface area contributed by atoms with Gasteiger partial charge >= 0.3 is 0 Å². The van der Waals surface area contributed by atoms with E-state index in [0.717, 1.165) is 43.6 Å². The Bertz CT molecular complexity index is 503. The summed E-state index contributed by atoms with van der Waals surface area (Å²) in [5.41, 5.74) is 8.54. The summed E-state index contributed by atoms with van der Waals surface area (Å²) in [6.45, 7) is 0.761. The highest BCUT2D eigenvalue weighted by atomic mass is 16.5. The smallest absolute Gasteiger partial charge is 0.229 e. The van der Waals surface area contributed by atoms with E-state index in [1.165, 1.54) is 5.56 Å². The number of carbonyl (C=O) groups is 1. The molecule has 2 N–H and O–H groups in total. The molecule has 1 aromatic carbocycles. The van der Waals surface area contributed by atoms with E-state index in [2.05, 4.69) is 0 Å². The molecule has 1 aromatic rings. The highest BCUT2D eigenvalue weighted by Gasteiger charge is 2.41. The van der Waals surface area contributed by atoms with Gasteiger partial charge in [-0.2, -0.15) is 0 Å². The third-order valence-electron chi connectivity index (χ3n) is 4.47. The van der Waals surface area contributed by atoms with Crippen LogP contribution in [0.5, 0.6) is 0 Å². The van der Waals surface area contributed by atoms with E-state index in [1.54, 1.807) is 7.11 Å². The number of anilines is 2. The summed E-state index contributed by atoms with van der Waals surface area (Å²) in [6, 6.07) is 5.79.